The van der Waals surface area contributed by atoms with Crippen LogP contribution >= 0.6 is 0 Å². The predicted molar refractivity (Wildman–Crippen MR) is 86.9 cm³/mol. The highest BCUT2D eigenvalue weighted by Gasteiger charge is 2.53. The van der Waals surface area contributed by atoms with Crippen LogP contribution in [0.3, 0.4) is 0 Å². The number of hydrogen-bond donors (Lipinski definition) is 2. The van der Waals surface area contributed by atoms with Gasteiger partial charge in [-0.15, -0.1) is 0 Å². The van der Waals surface area contributed by atoms with Gasteiger partial charge in [-0.05, 0) is 29.7 Å². The lowest BCUT2D eigenvalue weighted by molar-refractivity contribution is -0.216. The molecule has 2 aromatic rings. The van der Waals surface area contributed by atoms with Crippen LogP contribution in [0.5, 0.6) is 0 Å². The molecule has 5 nitrogen and oxygen atoms in total. The number of carbonyl (C=O) groups excluding carboxylic acids is 2. The van der Waals surface area contributed by atoms with Gasteiger partial charge in [-0.3, -0.25) is 10.1 Å². The fourth-order valence-corrected chi connectivity index (χ4v) is 3.04. The van der Waals surface area contributed by atoms with Gasteiger partial charge in [0.15, 0.2) is 0 Å². The predicted octanol–water partition coefficient (Wildman–Crippen LogP) is 3.22. The van der Waals surface area contributed by atoms with E-state index in [-0.39, 0.29) is 17.5 Å². The fourth-order valence-electron chi connectivity index (χ4n) is 3.04. The second-order valence-electron chi connectivity index (χ2n) is 6.13. The first-order valence-corrected chi connectivity index (χ1v) is 8.05. The number of amides is 1. The molecule has 0 saturated carbocycles. The average Bonchev–Trinajstić information content (AvgIpc) is 2.69. The molecule has 28 heavy (non-hydrogen) atoms. The van der Waals surface area contributed by atoms with Crippen molar-refractivity contribution >= 4 is 17.6 Å². The summed E-state index contributed by atoms with van der Waals surface area (Å²) >= 11 is 0. The molecule has 0 fully saturated rings. The molecule has 1 aliphatic rings. The Morgan fingerprint density at radius 2 is 1.71 bits per heavy atom. The van der Waals surface area contributed by atoms with Gasteiger partial charge in [-0.1, -0.05) is 30.3 Å². The third-order valence-corrected chi connectivity index (χ3v) is 4.39. The second kappa shape index (κ2) is 7.55. The first-order valence-electron chi connectivity index (χ1n) is 8.05. The van der Waals surface area contributed by atoms with Gasteiger partial charge in [-0.25, -0.2) is 18.5 Å². The number of halogens is 5. The van der Waals surface area contributed by atoms with Crippen molar-refractivity contribution in [3.05, 3.63) is 65.2 Å². The molecule has 0 saturated heterocycles. The summed E-state index contributed by atoms with van der Waals surface area (Å²) in [4.78, 5) is 26.3. The Hall–Kier alpha value is -3.01. The monoisotopic (exact) mass is 400 g/mol. The minimum Gasteiger partial charge on any atom is -0.320 e. The van der Waals surface area contributed by atoms with Crippen molar-refractivity contribution in [2.45, 2.75) is 24.4 Å². The quantitative estimate of drug-likeness (QED) is 0.774. The van der Waals surface area contributed by atoms with Gasteiger partial charge in [0.05, 0.1) is 6.04 Å². The molecule has 10 heteroatoms. The van der Waals surface area contributed by atoms with Crippen molar-refractivity contribution < 1.29 is 36.6 Å². The zero-order valence-corrected chi connectivity index (χ0v) is 14.0. The van der Waals surface area contributed by atoms with Crippen molar-refractivity contribution in [1.82, 2.24) is 5.32 Å². The normalized spacial score (nSPS) is 18.9. The number of alkyl halides is 2. The number of fused-ring (bicyclic) bond motifs is 1. The molecule has 1 aliphatic heterocycles. The summed E-state index contributed by atoms with van der Waals surface area (Å²) in [6, 6.07) is 5.15. The van der Waals surface area contributed by atoms with Crippen molar-refractivity contribution in [2.75, 3.05) is 5.32 Å². The van der Waals surface area contributed by atoms with E-state index in [1.165, 1.54) is 24.3 Å². The Morgan fingerprint density at radius 1 is 1.07 bits per heavy atom. The zero-order valence-electron chi connectivity index (χ0n) is 14.0. The van der Waals surface area contributed by atoms with E-state index >= 15 is 0 Å². The molecular weight excluding hydrogens is 387 g/mol. The summed E-state index contributed by atoms with van der Waals surface area (Å²) in [5.74, 6) is -9.87. The summed E-state index contributed by atoms with van der Waals surface area (Å²) in [6.45, 7) is 0. The summed E-state index contributed by atoms with van der Waals surface area (Å²) in [5, 5.41) is 4.26. The topological polar surface area (TPSA) is 67.4 Å². The molecule has 0 radical (unpaired) electrons. The molecule has 148 valence electrons. The Kier molecular flexibility index (Phi) is 5.32. The highest BCUT2D eigenvalue weighted by molar-refractivity contribution is 5.95. The lowest BCUT2D eigenvalue weighted by Gasteiger charge is -2.35. The average molecular weight is 400 g/mol. The van der Waals surface area contributed by atoms with Crippen LogP contribution in [-0.4, -0.2) is 23.8 Å². The maximum Gasteiger partial charge on any atom is 0.419 e. The molecule has 3 rings (SSSR count). The van der Waals surface area contributed by atoms with Crippen LogP contribution < -0.4 is 10.6 Å². The molecule has 0 bridgehead atoms. The third-order valence-electron chi connectivity index (χ3n) is 4.39. The molecule has 0 aliphatic carbocycles. The zero-order chi connectivity index (χ0) is 20.5. The molecule has 2 N–H and O–H groups in total. The van der Waals surface area contributed by atoms with Crippen LogP contribution in [0.2, 0.25) is 0 Å². The van der Waals surface area contributed by atoms with Gasteiger partial charge in [0.1, 0.15) is 23.4 Å². The molecule has 1 heterocycles. The second-order valence-corrected chi connectivity index (χ2v) is 6.13. The van der Waals surface area contributed by atoms with Gasteiger partial charge in [0.2, 0.25) is 5.91 Å². The lowest BCUT2D eigenvalue weighted by Crippen LogP contribution is -2.54. The van der Waals surface area contributed by atoms with E-state index in [9.17, 15) is 31.7 Å². The first kappa shape index (κ1) is 19.7. The maximum absolute atomic E-state index is 14.3. The van der Waals surface area contributed by atoms with Gasteiger partial charge in [-0.2, -0.15) is 8.78 Å². The number of anilines is 1. The number of carbonyl (C=O) groups is 2. The van der Waals surface area contributed by atoms with Gasteiger partial charge in [0.25, 0.3) is 0 Å². The Bertz CT molecular complexity index is 902. The van der Waals surface area contributed by atoms with Gasteiger partial charge in [0, 0.05) is 4.53 Å². The highest BCUT2D eigenvalue weighted by Crippen LogP contribution is 2.38. The summed E-state index contributed by atoms with van der Waals surface area (Å²) in [7, 11) is 0. The Morgan fingerprint density at radius 3 is 2.36 bits per heavy atom. The number of rotatable bonds is 4. The van der Waals surface area contributed by atoms with Crippen LogP contribution in [0.15, 0.2) is 42.5 Å². The van der Waals surface area contributed by atoms with Crippen molar-refractivity contribution in [3.63, 3.8) is 0 Å². The van der Waals surface area contributed by atoms with Gasteiger partial charge < -0.3 is 5.32 Å². The van der Waals surface area contributed by atoms with E-state index in [1.807, 2.05) is 5.32 Å². The molecule has 2 atom stereocenters. The first-order chi connectivity index (χ1) is 13.3. The smallest absolute Gasteiger partial charge is 0.320 e. The van der Waals surface area contributed by atoms with Crippen molar-refractivity contribution in [2.24, 2.45) is 0 Å². The van der Waals surface area contributed by atoms with E-state index in [0.717, 1.165) is 18.2 Å². The molecule has 2 aromatic carbocycles. The number of nitrogens with one attached hydrogen (secondary N) is 2. The van der Waals surface area contributed by atoms with E-state index in [4.69, 9.17) is 0 Å². The number of hydrogen-bond acceptors (Lipinski definition) is 4. The molecule has 0 aromatic heterocycles. The van der Waals surface area contributed by atoms with Crippen molar-refractivity contribution in [1.29, 1.82) is 0 Å². The molecule has 0 spiro atoms. The largest absolute Gasteiger partial charge is 0.419 e. The Balaban J connectivity index is 1.92. The highest BCUT2D eigenvalue weighted by atomic mass is 19.3. The van der Waals surface area contributed by atoms with Crippen molar-refractivity contribution in [3.8, 4) is 0 Å². The van der Waals surface area contributed by atoms with Crippen LogP contribution in [-0.2, 0) is 21.0 Å². The molecule has 1 amide bonds. The van der Waals surface area contributed by atoms with Crippen LogP contribution in [0, 0.1) is 11.6 Å². The summed E-state index contributed by atoms with van der Waals surface area (Å²) in [5.41, 5.74) is -0.481. The minimum absolute atomic E-state index is 0.0287. The minimum atomic E-state index is -4.34. The van der Waals surface area contributed by atoms with Gasteiger partial charge >= 0.3 is 11.9 Å². The number of para-hydroxylation sites is 1. The molecule has 1 unspecified atom stereocenters. The van der Waals surface area contributed by atoms with E-state index in [0.29, 0.717) is 0 Å². The van der Waals surface area contributed by atoms with Crippen LogP contribution in [0.4, 0.5) is 27.8 Å². The van der Waals surface area contributed by atoms with E-state index < -0.39 is 47.2 Å². The Labute approximate surface area is 155 Å². The SMILES string of the molecule is O=C(Nc1c(F)cccc1F)[C@@H]1Cc2ccccc2C(C(F)(F)C(=O)OF)N1. The van der Waals surface area contributed by atoms with Crippen LogP contribution in [0.25, 0.3) is 0 Å². The summed E-state index contributed by atoms with van der Waals surface area (Å²) < 4.78 is 68.3. The van der Waals surface area contributed by atoms with E-state index in [1.54, 1.807) is 0 Å². The molecular formula is C18H13F5N2O3. The fraction of sp³-hybridized carbons (Fsp3) is 0.222. The third kappa shape index (κ3) is 3.55. The lowest BCUT2D eigenvalue weighted by atomic mass is 9.87. The standard InChI is InChI=1S/C18H13F5N2O3/c19-11-6-3-7-12(20)14(11)25-16(26)13-8-9-4-1-2-5-10(9)15(24-13)18(21,22)17(27)28-23/h1-7,13,15,24H,8H2,(H,25,26)/t13-,15?/m0/s1. The number of benzene rings is 2. The van der Waals surface area contributed by atoms with E-state index in [2.05, 4.69) is 10.3 Å². The summed E-state index contributed by atoms with van der Waals surface area (Å²) in [6.07, 6.45) is -0.102. The maximum atomic E-state index is 14.3. The van der Waals surface area contributed by atoms with Crippen LogP contribution in [0.1, 0.15) is 17.2 Å².